The van der Waals surface area contributed by atoms with Crippen LogP contribution in [0.5, 0.6) is 5.75 Å². The lowest BCUT2D eigenvalue weighted by atomic mass is 10.1. The number of hydrogen-bond donors (Lipinski definition) is 0. The Balaban J connectivity index is 1.45. The van der Waals surface area contributed by atoms with Crippen LogP contribution < -0.4 is 15.1 Å². The standard InChI is InChI=1S/C23H21ClFN3O3/c1-14-12-28-13-17(22(29)20-18(24)6-7-19(31-14)21(20)28)23(30)27-10-8-26(9-11-27)16-4-2-15(25)3-5-16/h2-7,13-14H,8-12H2,1H3. The minimum absolute atomic E-state index is 0.0819. The van der Waals surface area contributed by atoms with Crippen molar-refractivity contribution in [2.75, 3.05) is 31.1 Å². The molecule has 0 bridgehead atoms. The zero-order valence-electron chi connectivity index (χ0n) is 17.0. The molecule has 6 nitrogen and oxygen atoms in total. The van der Waals surface area contributed by atoms with Gasteiger partial charge in [0.25, 0.3) is 5.91 Å². The minimum Gasteiger partial charge on any atom is -0.487 e. The van der Waals surface area contributed by atoms with Crippen LogP contribution in [0.25, 0.3) is 10.9 Å². The van der Waals surface area contributed by atoms with Gasteiger partial charge in [0.05, 0.1) is 22.5 Å². The molecule has 1 fully saturated rings. The van der Waals surface area contributed by atoms with E-state index >= 15 is 0 Å². The number of carbonyl (C=O) groups excluding carboxylic acids is 1. The molecule has 0 spiro atoms. The molecule has 0 radical (unpaired) electrons. The Bertz CT molecular complexity index is 1230. The van der Waals surface area contributed by atoms with Gasteiger partial charge in [0, 0.05) is 38.1 Å². The second kappa shape index (κ2) is 7.57. The van der Waals surface area contributed by atoms with E-state index < -0.39 is 0 Å². The van der Waals surface area contributed by atoms with Crippen molar-refractivity contribution in [1.82, 2.24) is 9.47 Å². The quantitative estimate of drug-likeness (QED) is 0.610. The first-order chi connectivity index (χ1) is 14.9. The molecule has 1 unspecified atom stereocenters. The van der Waals surface area contributed by atoms with Crippen molar-refractivity contribution in [1.29, 1.82) is 0 Å². The van der Waals surface area contributed by atoms with Gasteiger partial charge in [-0.25, -0.2) is 4.39 Å². The number of halogens is 2. The number of aromatic nitrogens is 1. The van der Waals surface area contributed by atoms with Crippen LogP contribution in [0.3, 0.4) is 0 Å². The third kappa shape index (κ3) is 3.43. The van der Waals surface area contributed by atoms with Crippen LogP contribution in [0.1, 0.15) is 17.3 Å². The van der Waals surface area contributed by atoms with Gasteiger partial charge >= 0.3 is 0 Å². The van der Waals surface area contributed by atoms with Crippen molar-refractivity contribution in [3.05, 3.63) is 69.2 Å². The molecule has 3 heterocycles. The summed E-state index contributed by atoms with van der Waals surface area (Å²) in [5, 5.41) is 0.633. The van der Waals surface area contributed by atoms with Crippen molar-refractivity contribution < 1.29 is 13.9 Å². The van der Waals surface area contributed by atoms with Gasteiger partial charge in [-0.1, -0.05) is 11.6 Å². The van der Waals surface area contributed by atoms with Crippen LogP contribution in [0.2, 0.25) is 5.02 Å². The lowest BCUT2D eigenvalue weighted by Crippen LogP contribution is -2.49. The summed E-state index contributed by atoms with van der Waals surface area (Å²) >= 11 is 6.36. The minimum atomic E-state index is -0.373. The normalized spacial score (nSPS) is 18.2. The van der Waals surface area contributed by atoms with E-state index in [-0.39, 0.29) is 28.8 Å². The average molecular weight is 442 g/mol. The number of anilines is 1. The molecule has 2 aliphatic rings. The molecule has 1 aromatic heterocycles. The van der Waals surface area contributed by atoms with Gasteiger partial charge in [-0.05, 0) is 43.3 Å². The van der Waals surface area contributed by atoms with Crippen molar-refractivity contribution in [2.45, 2.75) is 19.6 Å². The fourth-order valence-corrected chi connectivity index (χ4v) is 4.61. The third-order valence-corrected chi connectivity index (χ3v) is 6.22. The summed E-state index contributed by atoms with van der Waals surface area (Å²) in [6, 6.07) is 9.71. The maximum absolute atomic E-state index is 13.3. The number of benzene rings is 2. The van der Waals surface area contributed by atoms with Crippen molar-refractivity contribution >= 4 is 34.1 Å². The van der Waals surface area contributed by atoms with E-state index in [4.69, 9.17) is 16.3 Å². The number of nitrogens with zero attached hydrogens (tertiary/aromatic N) is 3. The smallest absolute Gasteiger partial charge is 0.259 e. The summed E-state index contributed by atoms with van der Waals surface area (Å²) < 4.78 is 20.9. The lowest BCUT2D eigenvalue weighted by Gasteiger charge is -2.36. The van der Waals surface area contributed by atoms with E-state index in [1.54, 1.807) is 35.4 Å². The van der Waals surface area contributed by atoms with Crippen molar-refractivity contribution in [3.8, 4) is 5.75 Å². The molecule has 8 heteroatoms. The maximum Gasteiger partial charge on any atom is 0.259 e. The second-order valence-corrected chi connectivity index (χ2v) is 8.38. The molecule has 160 valence electrons. The number of rotatable bonds is 2. The molecule has 2 aromatic carbocycles. The van der Waals surface area contributed by atoms with E-state index in [1.165, 1.54) is 12.1 Å². The molecule has 0 aliphatic carbocycles. The highest BCUT2D eigenvalue weighted by Crippen LogP contribution is 2.33. The van der Waals surface area contributed by atoms with Crippen LogP contribution in [0.15, 0.2) is 47.4 Å². The molecular formula is C23H21ClFN3O3. The highest BCUT2D eigenvalue weighted by Gasteiger charge is 2.28. The first kappa shape index (κ1) is 19.9. The molecule has 1 amide bonds. The van der Waals surface area contributed by atoms with Gasteiger partial charge in [0.2, 0.25) is 5.43 Å². The molecule has 3 aromatic rings. The topological polar surface area (TPSA) is 54.8 Å². The molecule has 2 aliphatic heterocycles. The van der Waals surface area contributed by atoms with Crippen LogP contribution in [-0.4, -0.2) is 47.7 Å². The van der Waals surface area contributed by atoms with Gasteiger partial charge in [-0.15, -0.1) is 0 Å². The first-order valence-corrected chi connectivity index (χ1v) is 10.6. The first-order valence-electron chi connectivity index (χ1n) is 10.2. The number of pyridine rings is 1. The molecule has 0 N–H and O–H groups in total. The number of amides is 1. The van der Waals surface area contributed by atoms with Gasteiger partial charge < -0.3 is 19.1 Å². The van der Waals surface area contributed by atoms with Gasteiger partial charge in [0.15, 0.2) is 0 Å². The monoisotopic (exact) mass is 441 g/mol. The number of ether oxygens (including phenoxy) is 1. The Morgan fingerprint density at radius 2 is 1.81 bits per heavy atom. The second-order valence-electron chi connectivity index (χ2n) is 7.98. The predicted octanol–water partition coefficient (Wildman–Crippen LogP) is 3.54. The fraction of sp³-hybridized carbons (Fsp3) is 0.304. The third-order valence-electron chi connectivity index (χ3n) is 5.90. The predicted molar refractivity (Wildman–Crippen MR) is 118 cm³/mol. The summed E-state index contributed by atoms with van der Waals surface area (Å²) in [7, 11) is 0. The SMILES string of the molecule is CC1Cn2cc(C(=O)N3CCN(c4ccc(F)cc4)CC3)c(=O)c3c(Cl)ccc(c32)O1. The van der Waals surface area contributed by atoms with Crippen LogP contribution >= 0.6 is 11.6 Å². The van der Waals surface area contributed by atoms with Gasteiger partial charge in [0.1, 0.15) is 23.2 Å². The molecular weight excluding hydrogens is 421 g/mol. The van der Waals surface area contributed by atoms with Crippen molar-refractivity contribution in [3.63, 3.8) is 0 Å². The number of piperazine rings is 1. The molecule has 1 saturated heterocycles. The Morgan fingerprint density at radius 3 is 2.52 bits per heavy atom. The Morgan fingerprint density at radius 1 is 1.10 bits per heavy atom. The molecule has 31 heavy (non-hydrogen) atoms. The summed E-state index contributed by atoms with van der Waals surface area (Å²) in [4.78, 5) is 30.3. The highest BCUT2D eigenvalue weighted by molar-refractivity contribution is 6.35. The van der Waals surface area contributed by atoms with Gasteiger partial charge in [-0.2, -0.15) is 0 Å². The Labute approximate surface area is 183 Å². The average Bonchev–Trinajstić information content (AvgIpc) is 2.77. The highest BCUT2D eigenvalue weighted by atomic mass is 35.5. The largest absolute Gasteiger partial charge is 0.487 e. The molecule has 0 saturated carbocycles. The number of hydrogen-bond acceptors (Lipinski definition) is 4. The fourth-order valence-electron chi connectivity index (χ4n) is 4.37. The summed E-state index contributed by atoms with van der Waals surface area (Å²) in [6.45, 7) is 4.63. The van der Waals surface area contributed by atoms with E-state index in [9.17, 15) is 14.0 Å². The number of carbonyl (C=O) groups is 1. The van der Waals surface area contributed by atoms with E-state index in [0.29, 0.717) is 54.4 Å². The summed E-state index contributed by atoms with van der Waals surface area (Å²) in [5.74, 6) is 0.0250. The Kier molecular flexibility index (Phi) is 4.85. The van der Waals surface area contributed by atoms with E-state index in [2.05, 4.69) is 4.90 Å². The van der Waals surface area contributed by atoms with Gasteiger partial charge in [-0.3, -0.25) is 9.59 Å². The van der Waals surface area contributed by atoms with Crippen molar-refractivity contribution in [2.24, 2.45) is 0 Å². The van der Waals surface area contributed by atoms with E-state index in [0.717, 1.165) is 5.69 Å². The summed E-state index contributed by atoms with van der Waals surface area (Å²) in [6.07, 6.45) is 1.56. The lowest BCUT2D eigenvalue weighted by molar-refractivity contribution is 0.0744. The van der Waals surface area contributed by atoms with Crippen LogP contribution in [0.4, 0.5) is 10.1 Å². The van der Waals surface area contributed by atoms with Crippen LogP contribution in [-0.2, 0) is 6.54 Å². The van der Waals surface area contributed by atoms with E-state index in [1.807, 2.05) is 11.5 Å². The molecule has 1 atom stereocenters. The van der Waals surface area contributed by atoms with Crippen LogP contribution in [0, 0.1) is 5.82 Å². The molecule has 5 rings (SSSR count). The maximum atomic E-state index is 13.3. The Hall–Kier alpha value is -3.06. The zero-order chi connectivity index (χ0) is 21.7. The summed E-state index contributed by atoms with van der Waals surface area (Å²) in [5.41, 5.74) is 1.29. The zero-order valence-corrected chi connectivity index (χ0v) is 17.7.